The number of hydrogen-bond donors (Lipinski definition) is 1. The maximum Gasteiger partial charge on any atom is 0.258 e. The van der Waals surface area contributed by atoms with E-state index >= 15 is 0 Å². The van der Waals surface area contributed by atoms with E-state index in [9.17, 15) is 4.79 Å². The second kappa shape index (κ2) is 4.90. The highest BCUT2D eigenvalue weighted by Crippen LogP contribution is 2.17. The van der Waals surface area contributed by atoms with Gasteiger partial charge in [0.15, 0.2) is 0 Å². The molecule has 2 N–H and O–H groups in total. The van der Waals surface area contributed by atoms with Crippen molar-refractivity contribution >= 4 is 17.2 Å². The fourth-order valence-electron chi connectivity index (χ4n) is 1.46. The molecule has 16 heavy (non-hydrogen) atoms. The van der Waals surface area contributed by atoms with Gasteiger partial charge in [0, 0.05) is 17.3 Å². The van der Waals surface area contributed by atoms with Crippen molar-refractivity contribution in [1.82, 2.24) is 4.98 Å². The summed E-state index contributed by atoms with van der Waals surface area (Å²) in [5.74, 6) is -0.347. The molecule has 0 saturated carbocycles. The zero-order valence-electron chi connectivity index (χ0n) is 8.72. The number of rotatable bonds is 4. The molecular formula is C12H12N2OS. The van der Waals surface area contributed by atoms with Gasteiger partial charge in [0.25, 0.3) is 5.91 Å². The molecule has 0 radical (unpaired) electrons. The molecule has 0 aliphatic carbocycles. The number of nitrogens with two attached hydrogens (primary N) is 1. The molecular weight excluding hydrogens is 220 g/mol. The summed E-state index contributed by atoms with van der Waals surface area (Å²) in [4.78, 5) is 16.7. The summed E-state index contributed by atoms with van der Waals surface area (Å²) in [6.45, 7) is 0. The lowest BCUT2D eigenvalue weighted by molar-refractivity contribution is 0.100. The highest BCUT2D eigenvalue weighted by molar-refractivity contribution is 7.14. The number of carbonyl (C=O) groups excluding carboxylic acids is 1. The standard InChI is InChI=1S/C12H12N2OS/c13-12(15)11-4-3-10(16-11)2-1-9-5-7-14-8-6-9/h3-8H,1-2H2,(H2,13,15). The first-order chi connectivity index (χ1) is 7.75. The molecule has 0 bridgehead atoms. The number of amides is 1. The molecule has 0 atom stereocenters. The van der Waals surface area contributed by atoms with Gasteiger partial charge in [0.2, 0.25) is 0 Å². The van der Waals surface area contributed by atoms with E-state index in [1.807, 2.05) is 18.2 Å². The Hall–Kier alpha value is -1.68. The zero-order chi connectivity index (χ0) is 11.4. The third kappa shape index (κ3) is 2.67. The molecule has 2 aromatic rings. The lowest BCUT2D eigenvalue weighted by Crippen LogP contribution is -2.08. The number of thiophene rings is 1. The van der Waals surface area contributed by atoms with E-state index in [1.54, 1.807) is 18.5 Å². The van der Waals surface area contributed by atoms with Gasteiger partial charge in [0.1, 0.15) is 0 Å². The highest BCUT2D eigenvalue weighted by atomic mass is 32.1. The number of aryl methyl sites for hydroxylation is 2. The summed E-state index contributed by atoms with van der Waals surface area (Å²) in [6, 6.07) is 7.76. The second-order valence-corrected chi connectivity index (χ2v) is 4.65. The first kappa shape index (κ1) is 10.8. The van der Waals surface area contributed by atoms with Gasteiger partial charge in [-0.3, -0.25) is 9.78 Å². The first-order valence-corrected chi connectivity index (χ1v) is 5.85. The molecule has 2 rings (SSSR count). The van der Waals surface area contributed by atoms with Crippen LogP contribution in [0.3, 0.4) is 0 Å². The smallest absolute Gasteiger partial charge is 0.258 e. The van der Waals surface area contributed by atoms with Crippen molar-refractivity contribution in [2.75, 3.05) is 0 Å². The van der Waals surface area contributed by atoms with Crippen LogP contribution in [0.5, 0.6) is 0 Å². The van der Waals surface area contributed by atoms with Crippen molar-refractivity contribution in [1.29, 1.82) is 0 Å². The predicted octanol–water partition coefficient (Wildman–Crippen LogP) is 2.03. The molecule has 2 heterocycles. The quantitative estimate of drug-likeness (QED) is 0.876. The van der Waals surface area contributed by atoms with Crippen LogP contribution in [-0.4, -0.2) is 10.9 Å². The van der Waals surface area contributed by atoms with Crippen LogP contribution in [0.15, 0.2) is 36.7 Å². The molecule has 0 unspecified atom stereocenters. The van der Waals surface area contributed by atoms with Crippen LogP contribution in [0.1, 0.15) is 20.1 Å². The van der Waals surface area contributed by atoms with E-state index in [0.717, 1.165) is 12.8 Å². The summed E-state index contributed by atoms with van der Waals surface area (Å²) in [5.41, 5.74) is 6.45. The minimum absolute atomic E-state index is 0.347. The van der Waals surface area contributed by atoms with E-state index in [1.165, 1.54) is 21.8 Å². The summed E-state index contributed by atoms with van der Waals surface area (Å²) >= 11 is 1.47. The Bertz CT molecular complexity index is 479. The zero-order valence-corrected chi connectivity index (χ0v) is 9.54. The number of pyridine rings is 1. The van der Waals surface area contributed by atoms with Crippen molar-refractivity contribution in [3.8, 4) is 0 Å². The fraction of sp³-hybridized carbons (Fsp3) is 0.167. The topological polar surface area (TPSA) is 56.0 Å². The van der Waals surface area contributed by atoms with Gasteiger partial charge < -0.3 is 5.73 Å². The van der Waals surface area contributed by atoms with Gasteiger partial charge >= 0.3 is 0 Å². The third-order valence-electron chi connectivity index (χ3n) is 2.31. The van der Waals surface area contributed by atoms with Crippen LogP contribution < -0.4 is 5.73 Å². The Morgan fingerprint density at radius 2 is 1.94 bits per heavy atom. The number of aromatic nitrogens is 1. The van der Waals surface area contributed by atoms with Gasteiger partial charge in [-0.15, -0.1) is 11.3 Å². The Morgan fingerprint density at radius 1 is 1.19 bits per heavy atom. The van der Waals surface area contributed by atoms with Crippen LogP contribution in [0, 0.1) is 0 Å². The van der Waals surface area contributed by atoms with Gasteiger partial charge in [0.05, 0.1) is 4.88 Å². The molecule has 0 saturated heterocycles. The SMILES string of the molecule is NC(=O)c1ccc(CCc2ccncc2)s1. The molecule has 0 aliphatic rings. The van der Waals surface area contributed by atoms with Crippen LogP contribution in [0.2, 0.25) is 0 Å². The molecule has 3 nitrogen and oxygen atoms in total. The minimum atomic E-state index is -0.347. The highest BCUT2D eigenvalue weighted by Gasteiger charge is 2.04. The summed E-state index contributed by atoms with van der Waals surface area (Å²) in [5, 5.41) is 0. The number of carbonyl (C=O) groups is 1. The summed E-state index contributed by atoms with van der Waals surface area (Å²) < 4.78 is 0. The maximum absolute atomic E-state index is 10.9. The van der Waals surface area contributed by atoms with Crippen molar-refractivity contribution in [3.05, 3.63) is 52.0 Å². The van der Waals surface area contributed by atoms with E-state index in [2.05, 4.69) is 4.98 Å². The molecule has 0 aromatic carbocycles. The molecule has 2 aromatic heterocycles. The lowest BCUT2D eigenvalue weighted by atomic mass is 10.1. The van der Waals surface area contributed by atoms with Gasteiger partial charge in [-0.1, -0.05) is 0 Å². The van der Waals surface area contributed by atoms with Crippen molar-refractivity contribution < 1.29 is 4.79 Å². The van der Waals surface area contributed by atoms with E-state index in [4.69, 9.17) is 5.73 Å². The number of nitrogens with zero attached hydrogens (tertiary/aromatic N) is 1. The number of hydrogen-bond acceptors (Lipinski definition) is 3. The van der Waals surface area contributed by atoms with Gasteiger partial charge in [-0.05, 0) is 42.7 Å². The average Bonchev–Trinajstić information content (AvgIpc) is 2.76. The van der Waals surface area contributed by atoms with Crippen molar-refractivity contribution in [2.24, 2.45) is 5.73 Å². The molecule has 1 amide bonds. The average molecular weight is 232 g/mol. The van der Waals surface area contributed by atoms with E-state index in [0.29, 0.717) is 4.88 Å². The Morgan fingerprint density at radius 3 is 2.56 bits per heavy atom. The first-order valence-electron chi connectivity index (χ1n) is 5.03. The van der Waals surface area contributed by atoms with Crippen molar-refractivity contribution in [2.45, 2.75) is 12.8 Å². The molecule has 0 fully saturated rings. The van der Waals surface area contributed by atoms with Crippen LogP contribution in [0.25, 0.3) is 0 Å². The van der Waals surface area contributed by atoms with Crippen LogP contribution in [0.4, 0.5) is 0 Å². The van der Waals surface area contributed by atoms with Crippen LogP contribution in [-0.2, 0) is 12.8 Å². The predicted molar refractivity (Wildman–Crippen MR) is 64.5 cm³/mol. The van der Waals surface area contributed by atoms with Gasteiger partial charge in [-0.25, -0.2) is 0 Å². The Labute approximate surface area is 97.9 Å². The van der Waals surface area contributed by atoms with Gasteiger partial charge in [-0.2, -0.15) is 0 Å². The minimum Gasteiger partial charge on any atom is -0.365 e. The second-order valence-electron chi connectivity index (χ2n) is 3.49. The molecule has 0 aliphatic heterocycles. The summed E-state index contributed by atoms with van der Waals surface area (Å²) in [7, 11) is 0. The van der Waals surface area contributed by atoms with Crippen molar-refractivity contribution in [3.63, 3.8) is 0 Å². The largest absolute Gasteiger partial charge is 0.365 e. The Kier molecular flexibility index (Phi) is 3.31. The van der Waals surface area contributed by atoms with Crippen LogP contribution >= 0.6 is 11.3 Å². The maximum atomic E-state index is 10.9. The summed E-state index contributed by atoms with van der Waals surface area (Å²) in [6.07, 6.45) is 5.47. The van der Waals surface area contributed by atoms with E-state index in [-0.39, 0.29) is 5.91 Å². The fourth-order valence-corrected chi connectivity index (χ4v) is 2.32. The Balaban J connectivity index is 1.97. The monoisotopic (exact) mass is 232 g/mol. The number of primary amides is 1. The lowest BCUT2D eigenvalue weighted by Gasteiger charge is -1.98. The third-order valence-corrected chi connectivity index (χ3v) is 3.47. The molecule has 0 spiro atoms. The van der Waals surface area contributed by atoms with E-state index < -0.39 is 0 Å². The normalized spacial score (nSPS) is 10.2. The molecule has 82 valence electrons. The molecule has 4 heteroatoms.